The lowest BCUT2D eigenvalue weighted by Gasteiger charge is -2.11. The molecule has 120 valence electrons. The predicted octanol–water partition coefficient (Wildman–Crippen LogP) is 1.17. The van der Waals surface area contributed by atoms with Crippen LogP contribution in [0.5, 0.6) is 0 Å². The molecule has 6 heteroatoms. The average Bonchev–Trinajstić information content (AvgIpc) is 3.00. The predicted molar refractivity (Wildman–Crippen MR) is 79.7 cm³/mol. The molecule has 0 spiro atoms. The number of amides is 2. The van der Waals surface area contributed by atoms with Crippen LogP contribution in [0.25, 0.3) is 0 Å². The quantitative estimate of drug-likeness (QED) is 0.743. The van der Waals surface area contributed by atoms with E-state index in [1.54, 1.807) is 18.2 Å². The van der Waals surface area contributed by atoms with Gasteiger partial charge in [-0.3, -0.25) is 9.59 Å². The van der Waals surface area contributed by atoms with Gasteiger partial charge in [0.05, 0.1) is 6.10 Å². The highest BCUT2D eigenvalue weighted by atomic mass is 19.1. The largest absolute Gasteiger partial charge is 0.376 e. The Bertz CT molecular complexity index is 516. The summed E-state index contributed by atoms with van der Waals surface area (Å²) in [6.45, 7) is 1.48. The SMILES string of the molecule is O=C(CC(=O)NCC1CCCO1)NCCc1ccccc1F. The van der Waals surface area contributed by atoms with E-state index in [0.29, 0.717) is 25.1 Å². The van der Waals surface area contributed by atoms with Crippen molar-refractivity contribution in [3.05, 3.63) is 35.6 Å². The number of carbonyl (C=O) groups excluding carboxylic acids is 2. The molecule has 2 rings (SSSR count). The highest BCUT2D eigenvalue weighted by Gasteiger charge is 2.17. The number of hydrogen-bond acceptors (Lipinski definition) is 3. The normalized spacial score (nSPS) is 17.2. The summed E-state index contributed by atoms with van der Waals surface area (Å²) < 4.78 is 18.8. The topological polar surface area (TPSA) is 67.4 Å². The molecule has 1 heterocycles. The number of ether oxygens (including phenoxy) is 1. The maximum Gasteiger partial charge on any atom is 0.229 e. The van der Waals surface area contributed by atoms with Crippen molar-refractivity contribution in [2.75, 3.05) is 19.7 Å². The molecule has 0 aromatic heterocycles. The Morgan fingerprint density at radius 1 is 1.23 bits per heavy atom. The molecule has 1 saturated heterocycles. The molecule has 1 aliphatic rings. The second-order valence-electron chi connectivity index (χ2n) is 5.31. The molecule has 0 radical (unpaired) electrons. The molecule has 2 amide bonds. The molecule has 1 aromatic rings. The van der Waals surface area contributed by atoms with Crippen LogP contribution in [0, 0.1) is 5.82 Å². The van der Waals surface area contributed by atoms with Crippen molar-refractivity contribution in [3.63, 3.8) is 0 Å². The summed E-state index contributed by atoms with van der Waals surface area (Å²) in [6.07, 6.45) is 2.19. The molecular formula is C16H21FN2O3. The second kappa shape index (κ2) is 8.48. The Morgan fingerprint density at radius 2 is 2.00 bits per heavy atom. The molecule has 1 unspecified atom stereocenters. The summed E-state index contributed by atoms with van der Waals surface area (Å²) in [4.78, 5) is 23.2. The van der Waals surface area contributed by atoms with Gasteiger partial charge in [-0.2, -0.15) is 0 Å². The molecule has 1 fully saturated rings. The first-order valence-corrected chi connectivity index (χ1v) is 7.53. The lowest BCUT2D eigenvalue weighted by Crippen LogP contribution is -2.36. The fraction of sp³-hybridized carbons (Fsp3) is 0.500. The van der Waals surface area contributed by atoms with Crippen LogP contribution >= 0.6 is 0 Å². The van der Waals surface area contributed by atoms with Crippen LogP contribution in [0.1, 0.15) is 24.8 Å². The molecule has 1 aliphatic heterocycles. The molecule has 1 aromatic carbocycles. The minimum atomic E-state index is -0.360. The van der Waals surface area contributed by atoms with Gasteiger partial charge >= 0.3 is 0 Å². The van der Waals surface area contributed by atoms with Crippen molar-refractivity contribution in [3.8, 4) is 0 Å². The molecule has 5 nitrogen and oxygen atoms in total. The minimum Gasteiger partial charge on any atom is -0.376 e. The van der Waals surface area contributed by atoms with E-state index in [4.69, 9.17) is 4.74 Å². The number of benzene rings is 1. The first-order valence-electron chi connectivity index (χ1n) is 7.53. The Balaban J connectivity index is 1.60. The van der Waals surface area contributed by atoms with Crippen LogP contribution in [0.2, 0.25) is 0 Å². The van der Waals surface area contributed by atoms with Gasteiger partial charge in [0.1, 0.15) is 12.2 Å². The van der Waals surface area contributed by atoms with Crippen molar-refractivity contribution in [1.82, 2.24) is 10.6 Å². The standard InChI is InChI=1S/C16H21FN2O3/c17-14-6-2-1-4-12(14)7-8-18-15(20)10-16(21)19-11-13-5-3-9-22-13/h1-2,4,6,13H,3,5,7-11H2,(H,18,20)(H,19,21). The van der Waals surface area contributed by atoms with Gasteiger partial charge < -0.3 is 15.4 Å². The first kappa shape index (κ1) is 16.4. The van der Waals surface area contributed by atoms with E-state index in [1.165, 1.54) is 6.07 Å². The zero-order valence-corrected chi connectivity index (χ0v) is 12.4. The van der Waals surface area contributed by atoms with Gasteiger partial charge in [-0.25, -0.2) is 4.39 Å². The van der Waals surface area contributed by atoms with Gasteiger partial charge in [0.25, 0.3) is 0 Å². The highest BCUT2D eigenvalue weighted by molar-refractivity contribution is 5.96. The van der Waals surface area contributed by atoms with Gasteiger partial charge in [0.15, 0.2) is 0 Å². The lowest BCUT2D eigenvalue weighted by atomic mass is 10.1. The fourth-order valence-corrected chi connectivity index (χ4v) is 2.34. The zero-order chi connectivity index (χ0) is 15.8. The van der Waals surface area contributed by atoms with Gasteiger partial charge in [-0.15, -0.1) is 0 Å². The van der Waals surface area contributed by atoms with Crippen LogP contribution < -0.4 is 10.6 Å². The van der Waals surface area contributed by atoms with Crippen molar-refractivity contribution in [2.45, 2.75) is 31.8 Å². The molecule has 22 heavy (non-hydrogen) atoms. The second-order valence-corrected chi connectivity index (χ2v) is 5.31. The molecule has 1 atom stereocenters. The van der Waals surface area contributed by atoms with E-state index >= 15 is 0 Å². The average molecular weight is 308 g/mol. The first-order chi connectivity index (χ1) is 10.6. The Morgan fingerprint density at radius 3 is 2.73 bits per heavy atom. The third-order valence-electron chi connectivity index (χ3n) is 3.55. The maximum atomic E-state index is 13.4. The van der Waals surface area contributed by atoms with Crippen LogP contribution in [-0.4, -0.2) is 37.6 Å². The summed E-state index contributed by atoms with van der Waals surface area (Å²) in [6, 6.07) is 6.43. The number of rotatable bonds is 7. The van der Waals surface area contributed by atoms with Gasteiger partial charge in [-0.05, 0) is 30.9 Å². The summed E-state index contributed by atoms with van der Waals surface area (Å²) in [5, 5.41) is 5.31. The summed E-state index contributed by atoms with van der Waals surface area (Å²) >= 11 is 0. The summed E-state index contributed by atoms with van der Waals surface area (Å²) in [5.74, 6) is -0.967. The maximum absolute atomic E-state index is 13.4. The van der Waals surface area contributed by atoms with E-state index in [2.05, 4.69) is 10.6 Å². The Kier molecular flexibility index (Phi) is 6.33. The highest BCUT2D eigenvalue weighted by Crippen LogP contribution is 2.10. The van der Waals surface area contributed by atoms with E-state index in [1.807, 2.05) is 0 Å². The molecule has 0 saturated carbocycles. The molecule has 0 bridgehead atoms. The summed E-state index contributed by atoms with van der Waals surface area (Å²) in [7, 11) is 0. The Labute approximate surface area is 129 Å². The smallest absolute Gasteiger partial charge is 0.229 e. The van der Waals surface area contributed by atoms with E-state index < -0.39 is 0 Å². The number of carbonyl (C=O) groups is 2. The summed E-state index contributed by atoms with van der Waals surface area (Å²) in [5.41, 5.74) is 0.547. The van der Waals surface area contributed by atoms with Crippen LogP contribution in [0.3, 0.4) is 0 Å². The zero-order valence-electron chi connectivity index (χ0n) is 12.4. The van der Waals surface area contributed by atoms with Crippen molar-refractivity contribution in [1.29, 1.82) is 0 Å². The fourth-order valence-electron chi connectivity index (χ4n) is 2.34. The van der Waals surface area contributed by atoms with E-state index in [-0.39, 0.29) is 30.2 Å². The molecule has 0 aliphatic carbocycles. The van der Waals surface area contributed by atoms with E-state index in [0.717, 1.165) is 19.4 Å². The van der Waals surface area contributed by atoms with Crippen molar-refractivity contribution < 1.29 is 18.7 Å². The molecule has 2 N–H and O–H groups in total. The minimum absolute atomic E-state index is 0.0630. The number of nitrogens with one attached hydrogen (secondary N) is 2. The Hall–Kier alpha value is -1.95. The van der Waals surface area contributed by atoms with Gasteiger partial charge in [0.2, 0.25) is 11.8 Å². The third kappa shape index (κ3) is 5.44. The van der Waals surface area contributed by atoms with Gasteiger partial charge in [0, 0.05) is 19.7 Å². The van der Waals surface area contributed by atoms with Crippen LogP contribution in [-0.2, 0) is 20.7 Å². The van der Waals surface area contributed by atoms with Crippen LogP contribution in [0.15, 0.2) is 24.3 Å². The molecular weight excluding hydrogens is 287 g/mol. The van der Waals surface area contributed by atoms with Crippen LogP contribution in [0.4, 0.5) is 4.39 Å². The van der Waals surface area contributed by atoms with Crippen molar-refractivity contribution in [2.24, 2.45) is 0 Å². The lowest BCUT2D eigenvalue weighted by molar-refractivity contribution is -0.129. The van der Waals surface area contributed by atoms with E-state index in [9.17, 15) is 14.0 Å². The number of halogens is 1. The monoisotopic (exact) mass is 308 g/mol. The third-order valence-corrected chi connectivity index (χ3v) is 3.55. The number of hydrogen-bond donors (Lipinski definition) is 2. The van der Waals surface area contributed by atoms with Gasteiger partial charge in [-0.1, -0.05) is 18.2 Å². The van der Waals surface area contributed by atoms with Crippen molar-refractivity contribution >= 4 is 11.8 Å².